The van der Waals surface area contributed by atoms with Crippen molar-refractivity contribution in [3.63, 3.8) is 0 Å². The van der Waals surface area contributed by atoms with Gasteiger partial charge in [-0.2, -0.15) is 9.67 Å². The predicted molar refractivity (Wildman–Crippen MR) is 74.3 cm³/mol. The molecule has 3 aromatic rings. The van der Waals surface area contributed by atoms with Crippen molar-refractivity contribution < 1.29 is 9.45 Å². The lowest BCUT2D eigenvalue weighted by Gasteiger charge is -1.96. The second-order valence-corrected chi connectivity index (χ2v) is 4.85. The van der Waals surface area contributed by atoms with Crippen LogP contribution in [0.15, 0.2) is 35.1 Å². The van der Waals surface area contributed by atoms with E-state index in [0.29, 0.717) is 17.3 Å². The van der Waals surface area contributed by atoms with Crippen LogP contribution in [0.5, 0.6) is 0 Å². The van der Waals surface area contributed by atoms with Gasteiger partial charge in [0.05, 0.1) is 0 Å². The molecule has 0 bridgehead atoms. The molecule has 0 unspecified atom stereocenters. The van der Waals surface area contributed by atoms with Crippen molar-refractivity contribution in [3.05, 3.63) is 63.0 Å². The van der Waals surface area contributed by atoms with E-state index in [4.69, 9.17) is 16.1 Å². The summed E-state index contributed by atoms with van der Waals surface area (Å²) >= 11 is 5.91. The summed E-state index contributed by atoms with van der Waals surface area (Å²) in [6.45, 7) is 0.114. The third-order valence-corrected chi connectivity index (χ3v) is 2.98. The lowest BCUT2D eigenvalue weighted by Crippen LogP contribution is -2.02. The molecule has 0 aliphatic rings. The van der Waals surface area contributed by atoms with Gasteiger partial charge in [0.15, 0.2) is 5.82 Å². The average Bonchev–Trinajstić information content (AvgIpc) is 3.09. The zero-order chi connectivity index (χ0) is 15.5. The molecule has 0 aliphatic heterocycles. The average molecular weight is 321 g/mol. The molecule has 0 aliphatic carbocycles. The molecule has 112 valence electrons. The first-order valence-electron chi connectivity index (χ1n) is 6.20. The van der Waals surface area contributed by atoms with Gasteiger partial charge in [-0.3, -0.25) is 0 Å². The van der Waals surface area contributed by atoms with E-state index in [1.807, 2.05) is 18.2 Å². The molecule has 0 spiro atoms. The van der Waals surface area contributed by atoms with Crippen LogP contribution in [0.4, 0.5) is 5.95 Å². The summed E-state index contributed by atoms with van der Waals surface area (Å²) in [5.41, 5.74) is 0.955. The van der Waals surface area contributed by atoms with E-state index in [1.165, 1.54) is 11.0 Å². The number of hydrogen-bond acceptors (Lipinski definition) is 7. The third kappa shape index (κ3) is 3.26. The maximum absolute atomic E-state index is 10.5. The van der Waals surface area contributed by atoms with Crippen LogP contribution in [0.3, 0.4) is 0 Å². The summed E-state index contributed by atoms with van der Waals surface area (Å²) in [7, 11) is 0. The molecule has 0 saturated heterocycles. The lowest BCUT2D eigenvalue weighted by atomic mass is 10.1. The van der Waals surface area contributed by atoms with Crippen molar-refractivity contribution in [2.24, 2.45) is 0 Å². The fourth-order valence-electron chi connectivity index (χ4n) is 1.84. The van der Waals surface area contributed by atoms with Crippen molar-refractivity contribution in [3.8, 4) is 0 Å². The van der Waals surface area contributed by atoms with E-state index in [9.17, 15) is 10.1 Å². The van der Waals surface area contributed by atoms with Gasteiger partial charge in [-0.05, 0) is 22.6 Å². The van der Waals surface area contributed by atoms with E-state index in [2.05, 4.69) is 20.2 Å². The summed E-state index contributed by atoms with van der Waals surface area (Å²) in [6.07, 6.45) is 1.71. The molecule has 10 heteroatoms. The normalized spacial score (nSPS) is 10.8. The second-order valence-electron chi connectivity index (χ2n) is 4.41. The van der Waals surface area contributed by atoms with Crippen molar-refractivity contribution >= 4 is 17.5 Å². The Morgan fingerprint density at radius 2 is 2.27 bits per heavy atom. The summed E-state index contributed by atoms with van der Waals surface area (Å²) in [4.78, 5) is 17.6. The maximum atomic E-state index is 10.5. The van der Waals surface area contributed by atoms with Crippen LogP contribution in [-0.4, -0.2) is 29.8 Å². The number of rotatable bonds is 5. The quantitative estimate of drug-likeness (QED) is 0.520. The van der Waals surface area contributed by atoms with E-state index >= 15 is 0 Å². The minimum Gasteiger partial charge on any atom is -0.390 e. The molecule has 9 nitrogen and oxygen atoms in total. The monoisotopic (exact) mass is 320 g/mol. The minimum absolute atomic E-state index is 0.114. The first-order chi connectivity index (χ1) is 10.6. The van der Waals surface area contributed by atoms with Gasteiger partial charge in [0.2, 0.25) is 12.2 Å². The first kappa shape index (κ1) is 14.1. The molecule has 0 atom stereocenters. The van der Waals surface area contributed by atoms with Gasteiger partial charge < -0.3 is 14.6 Å². The number of halogens is 1. The van der Waals surface area contributed by atoms with Crippen molar-refractivity contribution in [2.45, 2.75) is 13.0 Å². The third-order valence-electron chi connectivity index (χ3n) is 2.75. The highest BCUT2D eigenvalue weighted by atomic mass is 35.5. The maximum Gasteiger partial charge on any atom is 0.490 e. The predicted octanol–water partition coefficient (Wildman–Crippen LogP) is 1.86. The highest BCUT2D eigenvalue weighted by Gasteiger charge is 2.15. The smallest absolute Gasteiger partial charge is 0.390 e. The summed E-state index contributed by atoms with van der Waals surface area (Å²) in [5, 5.41) is 18.7. The Bertz CT molecular complexity index is 815. The standard InChI is InChI=1S/C12H9ClN6O3/c13-9-3-1-2-8(4-9)5-10-15-11(22-17-10)6-18-7-14-12(16-18)19(20)21/h1-4,7H,5-6H2. The largest absolute Gasteiger partial charge is 0.490 e. The highest BCUT2D eigenvalue weighted by molar-refractivity contribution is 6.30. The SMILES string of the molecule is O=[N+]([O-])c1ncn(Cc2nc(Cc3cccc(Cl)c3)no2)n1. The number of nitro groups is 1. The molecular weight excluding hydrogens is 312 g/mol. The molecule has 0 N–H and O–H groups in total. The Labute approximate surface area is 128 Å². The van der Waals surface area contributed by atoms with E-state index in [0.717, 1.165) is 5.56 Å². The van der Waals surface area contributed by atoms with Crippen molar-refractivity contribution in [1.82, 2.24) is 24.9 Å². The molecular formula is C12H9ClN6O3. The number of benzene rings is 1. The van der Waals surface area contributed by atoms with Crippen molar-refractivity contribution in [2.75, 3.05) is 0 Å². The van der Waals surface area contributed by atoms with Gasteiger partial charge >= 0.3 is 5.95 Å². The second kappa shape index (κ2) is 5.90. The van der Waals surface area contributed by atoms with Crippen LogP contribution < -0.4 is 0 Å². The molecule has 0 amide bonds. The van der Waals surface area contributed by atoms with Gasteiger partial charge in [-0.25, -0.2) is 0 Å². The topological polar surface area (TPSA) is 113 Å². The zero-order valence-corrected chi connectivity index (χ0v) is 11.8. The van der Waals surface area contributed by atoms with Crippen LogP contribution in [0.25, 0.3) is 0 Å². The van der Waals surface area contributed by atoms with E-state index in [1.54, 1.807) is 6.07 Å². The van der Waals surface area contributed by atoms with Gasteiger partial charge in [-0.1, -0.05) is 33.9 Å². The molecule has 0 radical (unpaired) electrons. The Morgan fingerprint density at radius 3 is 3.00 bits per heavy atom. The van der Waals surface area contributed by atoms with Gasteiger partial charge in [0, 0.05) is 16.5 Å². The minimum atomic E-state index is -0.672. The van der Waals surface area contributed by atoms with E-state index in [-0.39, 0.29) is 12.4 Å². The van der Waals surface area contributed by atoms with Gasteiger partial charge in [0.1, 0.15) is 6.54 Å². The molecule has 3 rings (SSSR count). The van der Waals surface area contributed by atoms with Crippen LogP contribution >= 0.6 is 11.6 Å². The fourth-order valence-corrected chi connectivity index (χ4v) is 2.05. The summed E-state index contributed by atoms with van der Waals surface area (Å²) in [6, 6.07) is 7.35. The lowest BCUT2D eigenvalue weighted by molar-refractivity contribution is -0.394. The Kier molecular flexibility index (Phi) is 3.79. The van der Waals surface area contributed by atoms with E-state index < -0.39 is 10.9 Å². The first-order valence-corrected chi connectivity index (χ1v) is 6.58. The molecule has 22 heavy (non-hydrogen) atoms. The Hall–Kier alpha value is -2.81. The van der Waals surface area contributed by atoms with Gasteiger partial charge in [-0.15, -0.1) is 0 Å². The number of nitrogens with zero attached hydrogens (tertiary/aromatic N) is 6. The van der Waals surface area contributed by atoms with Crippen molar-refractivity contribution in [1.29, 1.82) is 0 Å². The van der Waals surface area contributed by atoms with Crippen LogP contribution in [0.2, 0.25) is 5.02 Å². The van der Waals surface area contributed by atoms with Gasteiger partial charge in [0.25, 0.3) is 0 Å². The number of aromatic nitrogens is 5. The molecule has 1 aromatic carbocycles. The summed E-state index contributed by atoms with van der Waals surface area (Å²) in [5.74, 6) is 0.308. The molecule has 2 aromatic heterocycles. The number of hydrogen-bond donors (Lipinski definition) is 0. The highest BCUT2D eigenvalue weighted by Crippen LogP contribution is 2.13. The molecule has 0 saturated carbocycles. The van der Waals surface area contributed by atoms with Crippen LogP contribution in [0, 0.1) is 10.1 Å². The van der Waals surface area contributed by atoms with Crippen LogP contribution in [0.1, 0.15) is 17.3 Å². The fraction of sp³-hybridized carbons (Fsp3) is 0.167. The van der Waals surface area contributed by atoms with Crippen LogP contribution in [-0.2, 0) is 13.0 Å². The zero-order valence-electron chi connectivity index (χ0n) is 11.1. The molecule has 2 heterocycles. The molecule has 0 fully saturated rings. The summed E-state index contributed by atoms with van der Waals surface area (Å²) < 4.78 is 6.35. The Morgan fingerprint density at radius 1 is 1.41 bits per heavy atom. The Balaban J connectivity index is 1.69.